The fraction of sp³-hybridized carbons (Fsp3) is 0.545. The van der Waals surface area contributed by atoms with Gasteiger partial charge in [-0.05, 0) is 25.0 Å². The summed E-state index contributed by atoms with van der Waals surface area (Å²) in [5, 5.41) is 12.3. The van der Waals surface area contributed by atoms with Crippen LogP contribution in [0.25, 0.3) is 0 Å². The van der Waals surface area contributed by atoms with Gasteiger partial charge >= 0.3 is 0 Å². The van der Waals surface area contributed by atoms with Gasteiger partial charge in [-0.15, -0.1) is 0 Å². The van der Waals surface area contributed by atoms with Crippen LogP contribution in [0.4, 0.5) is 11.5 Å². The fourth-order valence-electron chi connectivity index (χ4n) is 1.27. The van der Waals surface area contributed by atoms with Gasteiger partial charge in [0, 0.05) is 0 Å². The van der Waals surface area contributed by atoms with Crippen LogP contribution in [0.3, 0.4) is 0 Å². The summed E-state index contributed by atoms with van der Waals surface area (Å²) >= 11 is 0. The van der Waals surface area contributed by atoms with Gasteiger partial charge in [-0.3, -0.25) is 0 Å². The molecule has 0 aromatic carbocycles. The number of hydrogen-bond donors (Lipinski definition) is 3. The maximum atomic E-state index is 9.17. The van der Waals surface area contributed by atoms with Crippen LogP contribution in [0.1, 0.15) is 19.5 Å². The third-order valence-corrected chi connectivity index (χ3v) is 2.46. The van der Waals surface area contributed by atoms with Crippen LogP contribution in [-0.2, 0) is 0 Å². The number of aliphatic hydroxyl groups excluding tert-OH is 1. The first-order chi connectivity index (χ1) is 7.04. The third kappa shape index (κ3) is 3.09. The number of aromatic nitrogens is 1. The average Bonchev–Trinajstić information content (AvgIpc) is 2.19. The van der Waals surface area contributed by atoms with E-state index in [-0.39, 0.29) is 12.6 Å². The number of nitrogens with two attached hydrogens (primary N) is 1. The van der Waals surface area contributed by atoms with Crippen molar-refractivity contribution in [3.8, 4) is 0 Å². The molecular weight excluding hydrogens is 190 g/mol. The Hall–Kier alpha value is -1.29. The van der Waals surface area contributed by atoms with Gasteiger partial charge in [0.25, 0.3) is 0 Å². The van der Waals surface area contributed by atoms with E-state index >= 15 is 0 Å². The van der Waals surface area contributed by atoms with Crippen molar-refractivity contribution >= 4 is 11.5 Å². The molecule has 1 rings (SSSR count). The highest BCUT2D eigenvalue weighted by Gasteiger charge is 2.12. The summed E-state index contributed by atoms with van der Waals surface area (Å²) in [6, 6.07) is 3.67. The molecule has 1 aromatic rings. The molecule has 0 radical (unpaired) electrons. The Morgan fingerprint density at radius 2 is 2.13 bits per heavy atom. The van der Waals surface area contributed by atoms with E-state index in [9.17, 15) is 0 Å². The van der Waals surface area contributed by atoms with E-state index in [1.807, 2.05) is 19.1 Å². The molecule has 84 valence electrons. The Bertz CT molecular complexity index is 326. The summed E-state index contributed by atoms with van der Waals surface area (Å²) < 4.78 is 0. The van der Waals surface area contributed by atoms with Gasteiger partial charge in [0.1, 0.15) is 5.82 Å². The van der Waals surface area contributed by atoms with Crippen LogP contribution in [0.2, 0.25) is 0 Å². The highest BCUT2D eigenvalue weighted by molar-refractivity contribution is 5.49. The zero-order chi connectivity index (χ0) is 11.4. The molecule has 0 bridgehead atoms. The summed E-state index contributed by atoms with van der Waals surface area (Å²) in [7, 11) is 0. The van der Waals surface area contributed by atoms with Crippen LogP contribution in [0.5, 0.6) is 0 Å². The Morgan fingerprint density at radius 3 is 2.60 bits per heavy atom. The van der Waals surface area contributed by atoms with Crippen LogP contribution in [0, 0.1) is 12.8 Å². The molecule has 0 aliphatic rings. The van der Waals surface area contributed by atoms with Crippen molar-refractivity contribution in [3.05, 3.63) is 17.8 Å². The topological polar surface area (TPSA) is 71.2 Å². The normalized spacial score (nSPS) is 12.9. The first-order valence-electron chi connectivity index (χ1n) is 5.15. The molecule has 0 aliphatic heterocycles. The number of anilines is 2. The number of nitrogen functional groups attached to an aromatic ring is 1. The molecule has 0 saturated carbocycles. The molecule has 15 heavy (non-hydrogen) atoms. The lowest BCUT2D eigenvalue weighted by molar-refractivity contribution is 0.249. The number of pyridine rings is 1. The smallest absolute Gasteiger partial charge is 0.126 e. The lowest BCUT2D eigenvalue weighted by Crippen LogP contribution is -2.29. The van der Waals surface area contributed by atoms with Gasteiger partial charge in [0.15, 0.2) is 0 Å². The molecule has 0 aliphatic carbocycles. The molecule has 1 heterocycles. The van der Waals surface area contributed by atoms with Crippen molar-refractivity contribution < 1.29 is 5.11 Å². The van der Waals surface area contributed by atoms with Crippen LogP contribution < -0.4 is 11.1 Å². The van der Waals surface area contributed by atoms with E-state index in [1.165, 1.54) is 0 Å². The van der Waals surface area contributed by atoms with E-state index in [0.29, 0.717) is 11.6 Å². The van der Waals surface area contributed by atoms with E-state index in [1.54, 1.807) is 0 Å². The van der Waals surface area contributed by atoms with Crippen LogP contribution in [0.15, 0.2) is 12.1 Å². The fourth-order valence-corrected chi connectivity index (χ4v) is 1.27. The van der Waals surface area contributed by atoms with Gasteiger partial charge in [0.05, 0.1) is 24.0 Å². The summed E-state index contributed by atoms with van der Waals surface area (Å²) in [4.78, 5) is 4.30. The molecule has 0 spiro atoms. The van der Waals surface area contributed by atoms with E-state index in [4.69, 9.17) is 10.8 Å². The minimum Gasteiger partial charge on any atom is -0.397 e. The van der Waals surface area contributed by atoms with Crippen molar-refractivity contribution in [1.29, 1.82) is 0 Å². The van der Waals surface area contributed by atoms with Crippen molar-refractivity contribution in [2.45, 2.75) is 26.8 Å². The number of aliphatic hydroxyl groups is 1. The average molecular weight is 209 g/mol. The molecule has 0 amide bonds. The van der Waals surface area contributed by atoms with Gasteiger partial charge in [-0.25, -0.2) is 4.98 Å². The Morgan fingerprint density at radius 1 is 1.47 bits per heavy atom. The van der Waals surface area contributed by atoms with Crippen LogP contribution in [-0.4, -0.2) is 22.7 Å². The molecule has 4 nitrogen and oxygen atoms in total. The SMILES string of the molecule is Cc1nc(NC(CO)C(C)C)ccc1N. The molecular formula is C11H19N3O. The van der Waals surface area contributed by atoms with Gasteiger partial charge in [-0.1, -0.05) is 13.8 Å². The first-order valence-corrected chi connectivity index (χ1v) is 5.15. The maximum Gasteiger partial charge on any atom is 0.126 e. The number of rotatable bonds is 4. The summed E-state index contributed by atoms with van der Waals surface area (Å²) in [5.74, 6) is 1.11. The number of nitrogens with one attached hydrogen (secondary N) is 1. The number of hydrogen-bond acceptors (Lipinski definition) is 4. The highest BCUT2D eigenvalue weighted by atomic mass is 16.3. The van der Waals surface area contributed by atoms with Crippen molar-refractivity contribution in [2.75, 3.05) is 17.7 Å². The second-order valence-corrected chi connectivity index (χ2v) is 4.05. The lowest BCUT2D eigenvalue weighted by Gasteiger charge is -2.20. The quantitative estimate of drug-likeness (QED) is 0.701. The van der Waals surface area contributed by atoms with Crippen molar-refractivity contribution in [2.24, 2.45) is 5.92 Å². The number of nitrogens with zero attached hydrogens (tertiary/aromatic N) is 1. The lowest BCUT2D eigenvalue weighted by atomic mass is 10.1. The first kappa shape index (κ1) is 11.8. The Balaban J connectivity index is 2.75. The Labute approximate surface area is 90.5 Å². The van der Waals surface area contributed by atoms with Gasteiger partial charge in [-0.2, -0.15) is 0 Å². The predicted octanol–water partition coefficient (Wildman–Crippen LogP) is 1.40. The standard InChI is InChI=1S/C11H19N3O/c1-7(2)10(6-15)14-11-5-4-9(12)8(3)13-11/h4-5,7,10,15H,6,12H2,1-3H3,(H,13,14). The molecule has 4 N–H and O–H groups in total. The van der Waals surface area contributed by atoms with Crippen LogP contribution >= 0.6 is 0 Å². The summed E-state index contributed by atoms with van der Waals surface area (Å²) in [6.45, 7) is 6.07. The molecule has 1 atom stereocenters. The van der Waals surface area contributed by atoms with Crippen molar-refractivity contribution in [1.82, 2.24) is 4.98 Å². The second-order valence-electron chi connectivity index (χ2n) is 4.05. The summed E-state index contributed by atoms with van der Waals surface area (Å²) in [5.41, 5.74) is 7.16. The molecule has 1 unspecified atom stereocenters. The number of aryl methyl sites for hydroxylation is 1. The molecule has 4 heteroatoms. The molecule has 0 fully saturated rings. The second kappa shape index (κ2) is 4.98. The monoisotopic (exact) mass is 209 g/mol. The predicted molar refractivity (Wildman–Crippen MR) is 62.7 cm³/mol. The third-order valence-electron chi connectivity index (χ3n) is 2.46. The zero-order valence-electron chi connectivity index (χ0n) is 9.49. The maximum absolute atomic E-state index is 9.17. The van der Waals surface area contributed by atoms with Crippen molar-refractivity contribution in [3.63, 3.8) is 0 Å². The van der Waals surface area contributed by atoms with E-state index in [0.717, 1.165) is 11.5 Å². The van der Waals surface area contributed by atoms with E-state index < -0.39 is 0 Å². The molecule has 0 saturated heterocycles. The zero-order valence-corrected chi connectivity index (χ0v) is 9.49. The minimum absolute atomic E-state index is 0.0283. The largest absolute Gasteiger partial charge is 0.397 e. The van der Waals surface area contributed by atoms with E-state index in [2.05, 4.69) is 24.1 Å². The van der Waals surface area contributed by atoms with Gasteiger partial charge < -0.3 is 16.2 Å². The Kier molecular flexibility index (Phi) is 3.91. The molecule has 1 aromatic heterocycles. The van der Waals surface area contributed by atoms with Gasteiger partial charge in [0.2, 0.25) is 0 Å². The summed E-state index contributed by atoms with van der Waals surface area (Å²) in [6.07, 6.45) is 0. The minimum atomic E-state index is 0.0283. The highest BCUT2D eigenvalue weighted by Crippen LogP contribution is 2.14.